The molecule has 0 bridgehead atoms. The van der Waals surface area contributed by atoms with Crippen molar-refractivity contribution < 1.29 is 14.3 Å². The third-order valence-electron chi connectivity index (χ3n) is 3.92. The number of carbonyl (C=O) groups is 1. The maximum Gasteiger partial charge on any atom is 0.230 e. The minimum absolute atomic E-state index is 0.138. The van der Waals surface area contributed by atoms with Crippen LogP contribution >= 0.6 is 27.7 Å². The molecule has 4 nitrogen and oxygen atoms in total. The van der Waals surface area contributed by atoms with Gasteiger partial charge in [-0.25, -0.2) is 0 Å². The van der Waals surface area contributed by atoms with E-state index in [4.69, 9.17) is 9.47 Å². The maximum atomic E-state index is 12.0. The minimum Gasteiger partial charge on any atom is -0.490 e. The summed E-state index contributed by atoms with van der Waals surface area (Å²) in [5.74, 6) is 2.89. The largest absolute Gasteiger partial charge is 0.490 e. The summed E-state index contributed by atoms with van der Waals surface area (Å²) in [6.07, 6.45) is 4.71. The SMILES string of the molecule is CCOc1cc(Br)c(CSCC(=O)NC2CCCC2)cc1OCC. The zero-order valence-corrected chi connectivity index (χ0v) is 16.8. The smallest absolute Gasteiger partial charge is 0.230 e. The highest BCUT2D eigenvalue weighted by Gasteiger charge is 2.17. The van der Waals surface area contributed by atoms with Gasteiger partial charge in [0.1, 0.15) is 0 Å². The molecule has 134 valence electrons. The molecule has 2 rings (SSSR count). The van der Waals surface area contributed by atoms with Gasteiger partial charge in [-0.3, -0.25) is 4.79 Å². The number of thioether (sulfide) groups is 1. The number of amides is 1. The first kappa shape index (κ1) is 19.4. The van der Waals surface area contributed by atoms with Gasteiger partial charge in [0.25, 0.3) is 0 Å². The van der Waals surface area contributed by atoms with Crippen LogP contribution in [0.15, 0.2) is 16.6 Å². The second kappa shape index (κ2) is 10.2. The lowest BCUT2D eigenvalue weighted by atomic mass is 10.2. The number of carbonyl (C=O) groups excluding carboxylic acids is 1. The number of ether oxygens (including phenoxy) is 2. The fourth-order valence-corrected chi connectivity index (χ4v) is 4.30. The van der Waals surface area contributed by atoms with Crippen LogP contribution in [0.5, 0.6) is 11.5 Å². The molecule has 1 N–H and O–H groups in total. The molecule has 0 spiro atoms. The van der Waals surface area contributed by atoms with Crippen LogP contribution in [0.1, 0.15) is 45.1 Å². The Hall–Kier alpha value is -0.880. The lowest BCUT2D eigenvalue weighted by Gasteiger charge is -2.14. The summed E-state index contributed by atoms with van der Waals surface area (Å²) in [6.45, 7) is 5.11. The van der Waals surface area contributed by atoms with E-state index in [1.807, 2.05) is 26.0 Å². The van der Waals surface area contributed by atoms with Gasteiger partial charge in [-0.1, -0.05) is 28.8 Å². The van der Waals surface area contributed by atoms with Crippen molar-refractivity contribution in [1.29, 1.82) is 0 Å². The van der Waals surface area contributed by atoms with Gasteiger partial charge in [0.05, 0.1) is 19.0 Å². The molecule has 1 aliphatic carbocycles. The molecule has 0 saturated heterocycles. The lowest BCUT2D eigenvalue weighted by Crippen LogP contribution is -2.33. The molecular weight excluding hydrogens is 390 g/mol. The zero-order chi connectivity index (χ0) is 17.4. The highest BCUT2D eigenvalue weighted by Crippen LogP contribution is 2.35. The van der Waals surface area contributed by atoms with Crippen LogP contribution in [0.2, 0.25) is 0 Å². The van der Waals surface area contributed by atoms with Crippen LogP contribution < -0.4 is 14.8 Å². The van der Waals surface area contributed by atoms with Gasteiger partial charge in [-0.05, 0) is 44.4 Å². The maximum absolute atomic E-state index is 12.0. The molecule has 0 aliphatic heterocycles. The van der Waals surface area contributed by atoms with Crippen LogP contribution in [0.4, 0.5) is 0 Å². The Morgan fingerprint density at radius 2 is 1.83 bits per heavy atom. The number of nitrogens with one attached hydrogen (secondary N) is 1. The predicted molar refractivity (Wildman–Crippen MR) is 103 cm³/mol. The molecular formula is C18H26BrNO3S. The van der Waals surface area contributed by atoms with Crippen molar-refractivity contribution >= 4 is 33.6 Å². The van der Waals surface area contributed by atoms with Crippen molar-refractivity contribution in [2.24, 2.45) is 0 Å². The van der Waals surface area contributed by atoms with Crippen LogP contribution in [-0.4, -0.2) is 30.9 Å². The zero-order valence-electron chi connectivity index (χ0n) is 14.4. The highest BCUT2D eigenvalue weighted by molar-refractivity contribution is 9.10. The number of hydrogen-bond donors (Lipinski definition) is 1. The molecule has 0 unspecified atom stereocenters. The van der Waals surface area contributed by atoms with Crippen molar-refractivity contribution in [2.45, 2.75) is 51.3 Å². The average Bonchev–Trinajstić information content (AvgIpc) is 3.04. The van der Waals surface area contributed by atoms with Crippen molar-refractivity contribution in [2.75, 3.05) is 19.0 Å². The van der Waals surface area contributed by atoms with E-state index in [2.05, 4.69) is 21.2 Å². The van der Waals surface area contributed by atoms with Crippen molar-refractivity contribution in [3.05, 3.63) is 22.2 Å². The second-order valence-electron chi connectivity index (χ2n) is 5.80. The molecule has 0 atom stereocenters. The molecule has 0 radical (unpaired) electrons. The van der Waals surface area contributed by atoms with E-state index in [9.17, 15) is 4.79 Å². The Morgan fingerprint density at radius 1 is 1.21 bits per heavy atom. The first-order valence-electron chi connectivity index (χ1n) is 8.59. The third kappa shape index (κ3) is 5.88. The van der Waals surface area contributed by atoms with E-state index >= 15 is 0 Å². The van der Waals surface area contributed by atoms with E-state index in [1.54, 1.807) is 11.8 Å². The number of rotatable bonds is 9. The highest BCUT2D eigenvalue weighted by atomic mass is 79.9. The molecule has 1 amide bonds. The molecule has 24 heavy (non-hydrogen) atoms. The summed E-state index contributed by atoms with van der Waals surface area (Å²) in [7, 11) is 0. The molecule has 0 heterocycles. The summed E-state index contributed by atoms with van der Waals surface area (Å²) in [6, 6.07) is 4.34. The van der Waals surface area contributed by atoms with Crippen LogP contribution in [0.3, 0.4) is 0 Å². The van der Waals surface area contributed by atoms with Gasteiger partial charge in [0.15, 0.2) is 11.5 Å². The summed E-state index contributed by atoms with van der Waals surface area (Å²) >= 11 is 5.21. The first-order valence-corrected chi connectivity index (χ1v) is 10.5. The molecule has 1 aromatic rings. The fourth-order valence-electron chi connectivity index (χ4n) is 2.82. The van der Waals surface area contributed by atoms with Gasteiger partial charge in [0.2, 0.25) is 5.91 Å². The first-order chi connectivity index (χ1) is 11.6. The monoisotopic (exact) mass is 415 g/mol. The fraction of sp³-hybridized carbons (Fsp3) is 0.611. The van der Waals surface area contributed by atoms with Crippen molar-refractivity contribution in [1.82, 2.24) is 5.32 Å². The normalized spacial score (nSPS) is 14.6. The average molecular weight is 416 g/mol. The topological polar surface area (TPSA) is 47.6 Å². The molecule has 0 aromatic heterocycles. The van der Waals surface area contributed by atoms with Crippen molar-refractivity contribution in [3.8, 4) is 11.5 Å². The Kier molecular flexibility index (Phi) is 8.25. The molecule has 1 aromatic carbocycles. The molecule has 1 aliphatic rings. The quantitative estimate of drug-likeness (QED) is 0.642. The van der Waals surface area contributed by atoms with Crippen molar-refractivity contribution in [3.63, 3.8) is 0 Å². The molecule has 1 saturated carbocycles. The van der Waals surface area contributed by atoms with Gasteiger partial charge in [-0.2, -0.15) is 0 Å². The summed E-state index contributed by atoms with van der Waals surface area (Å²) in [5.41, 5.74) is 1.11. The summed E-state index contributed by atoms with van der Waals surface area (Å²) in [5, 5.41) is 3.12. The van der Waals surface area contributed by atoms with E-state index < -0.39 is 0 Å². The Bertz CT molecular complexity index is 547. The molecule has 1 fully saturated rings. The standard InChI is InChI=1S/C18H26BrNO3S/c1-3-22-16-9-13(15(19)10-17(16)23-4-2)11-24-12-18(21)20-14-7-5-6-8-14/h9-10,14H,3-8,11-12H2,1-2H3,(H,20,21). The Morgan fingerprint density at radius 3 is 2.46 bits per heavy atom. The Balaban J connectivity index is 1.88. The molecule has 6 heteroatoms. The number of hydrogen-bond acceptors (Lipinski definition) is 4. The number of halogens is 1. The van der Waals surface area contributed by atoms with Crippen LogP contribution in [-0.2, 0) is 10.5 Å². The second-order valence-corrected chi connectivity index (χ2v) is 7.64. The van der Waals surface area contributed by atoms with Gasteiger partial charge in [-0.15, -0.1) is 11.8 Å². The number of benzene rings is 1. The minimum atomic E-state index is 0.138. The van der Waals surface area contributed by atoms with Gasteiger partial charge < -0.3 is 14.8 Å². The van der Waals surface area contributed by atoms with Crippen LogP contribution in [0.25, 0.3) is 0 Å². The van der Waals surface area contributed by atoms with E-state index in [0.29, 0.717) is 25.0 Å². The van der Waals surface area contributed by atoms with E-state index in [0.717, 1.165) is 40.1 Å². The summed E-state index contributed by atoms with van der Waals surface area (Å²) < 4.78 is 12.3. The Labute approximate surface area is 157 Å². The third-order valence-corrected chi connectivity index (χ3v) is 5.64. The van der Waals surface area contributed by atoms with E-state index in [-0.39, 0.29) is 5.91 Å². The van der Waals surface area contributed by atoms with Crippen LogP contribution in [0, 0.1) is 0 Å². The predicted octanol–water partition coefficient (Wildman–Crippen LogP) is 4.54. The van der Waals surface area contributed by atoms with Gasteiger partial charge in [0, 0.05) is 16.3 Å². The van der Waals surface area contributed by atoms with E-state index in [1.165, 1.54) is 12.8 Å². The lowest BCUT2D eigenvalue weighted by molar-refractivity contribution is -0.119. The summed E-state index contributed by atoms with van der Waals surface area (Å²) in [4.78, 5) is 12.0. The van der Waals surface area contributed by atoms with Gasteiger partial charge >= 0.3 is 0 Å².